The zero-order valence-corrected chi connectivity index (χ0v) is 13.1. The highest BCUT2D eigenvalue weighted by Crippen LogP contribution is 2.33. The van der Waals surface area contributed by atoms with E-state index < -0.39 is 0 Å². The van der Waals surface area contributed by atoms with Gasteiger partial charge < -0.3 is 10.3 Å². The highest BCUT2D eigenvalue weighted by molar-refractivity contribution is 9.10. The van der Waals surface area contributed by atoms with Gasteiger partial charge in [0.2, 0.25) is 11.7 Å². The Labute approximate surface area is 131 Å². The van der Waals surface area contributed by atoms with Crippen molar-refractivity contribution < 1.29 is 8.91 Å². The van der Waals surface area contributed by atoms with Crippen molar-refractivity contribution in [2.24, 2.45) is 11.7 Å². The van der Waals surface area contributed by atoms with Gasteiger partial charge in [-0.1, -0.05) is 24.4 Å². The molecule has 1 heterocycles. The topological polar surface area (TPSA) is 64.9 Å². The van der Waals surface area contributed by atoms with Gasteiger partial charge in [-0.15, -0.1) is 0 Å². The van der Waals surface area contributed by atoms with Crippen LogP contribution in [0.2, 0.25) is 0 Å². The molecule has 2 N–H and O–H groups in total. The van der Waals surface area contributed by atoms with Crippen LogP contribution in [0, 0.1) is 11.7 Å². The first-order valence-electron chi connectivity index (χ1n) is 7.20. The van der Waals surface area contributed by atoms with Crippen LogP contribution in [-0.2, 0) is 0 Å². The Hall–Kier alpha value is -1.27. The number of halogens is 2. The molecule has 1 atom stereocenters. The van der Waals surface area contributed by atoms with Gasteiger partial charge in [0.05, 0.1) is 6.04 Å². The standard InChI is InChI=1S/C15H17BrFN3O/c16-12-8-10(17)6-7-11(12)14-19-15(21-20-14)13(18)9-4-2-1-3-5-9/h6-9,13H,1-5,18H2. The highest BCUT2D eigenvalue weighted by Gasteiger charge is 2.26. The summed E-state index contributed by atoms with van der Waals surface area (Å²) in [4.78, 5) is 4.39. The van der Waals surface area contributed by atoms with E-state index in [2.05, 4.69) is 26.1 Å². The molecular formula is C15H17BrFN3O. The Morgan fingerprint density at radius 1 is 1.29 bits per heavy atom. The van der Waals surface area contributed by atoms with E-state index in [-0.39, 0.29) is 11.9 Å². The first-order chi connectivity index (χ1) is 10.1. The zero-order chi connectivity index (χ0) is 14.8. The van der Waals surface area contributed by atoms with Gasteiger partial charge in [0.1, 0.15) is 5.82 Å². The number of aromatic nitrogens is 2. The molecule has 0 aliphatic heterocycles. The number of hydrogen-bond acceptors (Lipinski definition) is 4. The predicted molar refractivity (Wildman–Crippen MR) is 80.9 cm³/mol. The van der Waals surface area contributed by atoms with Gasteiger partial charge in [0, 0.05) is 10.0 Å². The van der Waals surface area contributed by atoms with Crippen molar-refractivity contribution in [3.63, 3.8) is 0 Å². The molecule has 1 saturated carbocycles. The summed E-state index contributed by atoms with van der Waals surface area (Å²) in [5.74, 6) is 0.994. The van der Waals surface area contributed by atoms with Crippen LogP contribution in [0.5, 0.6) is 0 Å². The number of hydrogen-bond donors (Lipinski definition) is 1. The summed E-state index contributed by atoms with van der Waals surface area (Å²) in [6.07, 6.45) is 5.92. The Balaban J connectivity index is 1.82. The summed E-state index contributed by atoms with van der Waals surface area (Å²) >= 11 is 3.31. The minimum atomic E-state index is -0.312. The van der Waals surface area contributed by atoms with E-state index in [9.17, 15) is 4.39 Å². The average molecular weight is 354 g/mol. The fourth-order valence-electron chi connectivity index (χ4n) is 2.85. The molecule has 6 heteroatoms. The number of rotatable bonds is 3. The minimum Gasteiger partial charge on any atom is -0.337 e. The summed E-state index contributed by atoms with van der Waals surface area (Å²) in [5.41, 5.74) is 6.95. The third-order valence-electron chi connectivity index (χ3n) is 4.06. The number of benzene rings is 1. The first kappa shape index (κ1) is 14.7. The second-order valence-electron chi connectivity index (χ2n) is 5.50. The Morgan fingerprint density at radius 2 is 2.05 bits per heavy atom. The van der Waals surface area contributed by atoms with E-state index in [1.54, 1.807) is 6.07 Å². The largest absolute Gasteiger partial charge is 0.337 e. The molecule has 1 aliphatic carbocycles. The minimum absolute atomic E-state index is 0.217. The fourth-order valence-corrected chi connectivity index (χ4v) is 3.37. The van der Waals surface area contributed by atoms with E-state index in [4.69, 9.17) is 10.3 Å². The third kappa shape index (κ3) is 3.16. The predicted octanol–water partition coefficient (Wildman–Crippen LogP) is 4.22. The molecule has 1 aliphatic rings. The van der Waals surface area contributed by atoms with Gasteiger partial charge in [0.15, 0.2) is 0 Å². The first-order valence-corrected chi connectivity index (χ1v) is 7.99. The molecule has 21 heavy (non-hydrogen) atoms. The van der Waals surface area contributed by atoms with Crippen LogP contribution >= 0.6 is 15.9 Å². The summed E-state index contributed by atoms with van der Waals surface area (Å²) < 4.78 is 19.0. The second-order valence-corrected chi connectivity index (χ2v) is 6.36. The Bertz CT molecular complexity index is 625. The normalized spacial score (nSPS) is 17.9. The van der Waals surface area contributed by atoms with Crippen LogP contribution in [-0.4, -0.2) is 10.1 Å². The zero-order valence-electron chi connectivity index (χ0n) is 11.6. The molecule has 0 saturated heterocycles. The smallest absolute Gasteiger partial charge is 0.244 e. The SMILES string of the molecule is NC(c1nc(-c2ccc(F)cc2Br)no1)C1CCCCC1. The highest BCUT2D eigenvalue weighted by atomic mass is 79.9. The van der Waals surface area contributed by atoms with Crippen molar-refractivity contribution in [1.82, 2.24) is 10.1 Å². The molecule has 2 aromatic rings. The van der Waals surface area contributed by atoms with Gasteiger partial charge in [-0.2, -0.15) is 4.98 Å². The third-order valence-corrected chi connectivity index (χ3v) is 4.71. The Kier molecular flexibility index (Phi) is 4.35. The maximum atomic E-state index is 13.1. The van der Waals surface area contributed by atoms with Crippen LogP contribution in [0.3, 0.4) is 0 Å². The molecule has 3 rings (SSSR count). The van der Waals surface area contributed by atoms with Crippen LogP contribution in [0.25, 0.3) is 11.4 Å². The fraction of sp³-hybridized carbons (Fsp3) is 0.467. The maximum Gasteiger partial charge on any atom is 0.244 e. The van der Waals surface area contributed by atoms with E-state index in [1.807, 2.05) is 0 Å². The molecule has 0 bridgehead atoms. The molecule has 0 spiro atoms. The molecule has 0 amide bonds. The second kappa shape index (κ2) is 6.23. The summed E-state index contributed by atoms with van der Waals surface area (Å²) in [7, 11) is 0. The van der Waals surface area contributed by atoms with Crippen molar-refractivity contribution in [1.29, 1.82) is 0 Å². The summed E-state index contributed by atoms with van der Waals surface area (Å²) in [6.45, 7) is 0. The van der Waals surface area contributed by atoms with Crippen LogP contribution < -0.4 is 5.73 Å². The molecular weight excluding hydrogens is 337 g/mol. The lowest BCUT2D eigenvalue weighted by Crippen LogP contribution is -2.23. The number of nitrogens with two attached hydrogens (primary N) is 1. The van der Waals surface area contributed by atoms with Gasteiger partial charge in [0.25, 0.3) is 0 Å². The van der Waals surface area contributed by atoms with E-state index in [0.717, 1.165) is 12.8 Å². The average Bonchev–Trinajstić information content (AvgIpc) is 2.97. The summed E-state index contributed by atoms with van der Waals surface area (Å²) in [6, 6.07) is 4.16. The van der Waals surface area contributed by atoms with Crippen molar-refractivity contribution in [3.05, 3.63) is 34.4 Å². The number of nitrogens with zero attached hydrogens (tertiary/aromatic N) is 2. The summed E-state index contributed by atoms with van der Waals surface area (Å²) in [5, 5.41) is 3.97. The van der Waals surface area contributed by atoms with Crippen LogP contribution in [0.15, 0.2) is 27.2 Å². The van der Waals surface area contributed by atoms with Gasteiger partial charge in [-0.05, 0) is 52.9 Å². The van der Waals surface area contributed by atoms with Gasteiger partial charge in [-0.25, -0.2) is 4.39 Å². The van der Waals surface area contributed by atoms with Crippen LogP contribution in [0.4, 0.5) is 4.39 Å². The van der Waals surface area contributed by atoms with Gasteiger partial charge in [-0.3, -0.25) is 0 Å². The molecule has 1 aromatic carbocycles. The van der Waals surface area contributed by atoms with Crippen molar-refractivity contribution >= 4 is 15.9 Å². The Morgan fingerprint density at radius 3 is 2.76 bits per heavy atom. The molecule has 4 nitrogen and oxygen atoms in total. The van der Waals surface area contributed by atoms with E-state index >= 15 is 0 Å². The molecule has 112 valence electrons. The monoisotopic (exact) mass is 353 g/mol. The molecule has 1 fully saturated rings. The van der Waals surface area contributed by atoms with Crippen molar-refractivity contribution in [2.45, 2.75) is 38.1 Å². The van der Waals surface area contributed by atoms with Crippen LogP contribution in [0.1, 0.15) is 44.0 Å². The van der Waals surface area contributed by atoms with E-state index in [0.29, 0.717) is 27.7 Å². The van der Waals surface area contributed by atoms with Crippen molar-refractivity contribution in [2.75, 3.05) is 0 Å². The van der Waals surface area contributed by atoms with E-state index in [1.165, 1.54) is 31.4 Å². The lowest BCUT2D eigenvalue weighted by molar-refractivity contribution is 0.255. The lowest BCUT2D eigenvalue weighted by Gasteiger charge is -2.24. The molecule has 1 unspecified atom stereocenters. The molecule has 0 radical (unpaired) electrons. The lowest BCUT2D eigenvalue weighted by atomic mass is 9.84. The quantitative estimate of drug-likeness (QED) is 0.896. The van der Waals surface area contributed by atoms with Gasteiger partial charge >= 0.3 is 0 Å². The molecule has 1 aromatic heterocycles. The van der Waals surface area contributed by atoms with Crippen molar-refractivity contribution in [3.8, 4) is 11.4 Å². The maximum absolute atomic E-state index is 13.1.